The van der Waals surface area contributed by atoms with Crippen LogP contribution in [0.4, 0.5) is 13.2 Å². The van der Waals surface area contributed by atoms with Gasteiger partial charge in [-0.1, -0.05) is 35.3 Å². The maximum absolute atomic E-state index is 12.9. The Morgan fingerprint density at radius 3 is 2.46 bits per heavy atom. The fourth-order valence-electron chi connectivity index (χ4n) is 4.03. The number of nitrogens with two attached hydrogens (primary N) is 1. The minimum atomic E-state index is -5.13. The Labute approximate surface area is 211 Å². The molecule has 2 aromatic carbocycles. The van der Waals surface area contributed by atoms with Gasteiger partial charge < -0.3 is 15.2 Å². The second-order valence-electron chi connectivity index (χ2n) is 8.48. The zero-order valence-electron chi connectivity index (χ0n) is 18.7. The van der Waals surface area contributed by atoms with Gasteiger partial charge in [0.05, 0.1) is 6.42 Å². The van der Waals surface area contributed by atoms with E-state index in [9.17, 15) is 22.8 Å². The number of ether oxygens (including phenoxy) is 2. The molecular weight excluding hydrogens is 508 g/mol. The third kappa shape index (κ3) is 8.59. The van der Waals surface area contributed by atoms with E-state index in [4.69, 9.17) is 38.4 Å². The molecule has 1 saturated heterocycles. The summed E-state index contributed by atoms with van der Waals surface area (Å²) >= 11 is 11.9. The van der Waals surface area contributed by atoms with E-state index in [1.165, 1.54) is 18.2 Å². The molecule has 1 aliphatic heterocycles. The van der Waals surface area contributed by atoms with E-state index in [2.05, 4.69) is 0 Å². The second-order valence-corrected chi connectivity index (χ2v) is 9.35. The van der Waals surface area contributed by atoms with E-state index in [1.54, 1.807) is 0 Å². The Balaban J connectivity index is 1.65. The topological polar surface area (TPSA) is 81.9 Å². The number of nitrogens with zero attached hydrogens (tertiary/aromatic N) is 1. The van der Waals surface area contributed by atoms with Crippen molar-refractivity contribution in [1.82, 2.24) is 4.90 Å². The molecule has 1 aliphatic rings. The number of hydrogen-bond acceptors (Lipinski definition) is 5. The summed E-state index contributed by atoms with van der Waals surface area (Å²) in [6.07, 6.45) is -4.82. The molecule has 0 spiro atoms. The Morgan fingerprint density at radius 1 is 1.11 bits per heavy atom. The second kappa shape index (κ2) is 12.0. The lowest BCUT2D eigenvalue weighted by Gasteiger charge is -2.25. The number of hydrogen-bond donors (Lipinski definition) is 1. The fourth-order valence-corrected chi connectivity index (χ4v) is 4.35. The molecular formula is C24H25Cl2F3N2O4. The summed E-state index contributed by atoms with van der Waals surface area (Å²) in [5, 5.41) is 0.994. The minimum absolute atomic E-state index is 0.0671. The van der Waals surface area contributed by atoms with Crippen LogP contribution in [0.1, 0.15) is 17.5 Å². The minimum Gasteiger partial charge on any atom is -0.489 e. The Hall–Kier alpha value is -2.49. The number of amides is 1. The largest absolute Gasteiger partial charge is 0.490 e. The molecule has 0 radical (unpaired) electrons. The Morgan fingerprint density at radius 2 is 1.80 bits per heavy atom. The van der Waals surface area contributed by atoms with Crippen molar-refractivity contribution in [3.63, 3.8) is 0 Å². The zero-order valence-corrected chi connectivity index (χ0v) is 20.2. The molecule has 6 nitrogen and oxygen atoms in total. The molecule has 1 amide bonds. The summed E-state index contributed by atoms with van der Waals surface area (Å²) < 4.78 is 49.0. The smallest absolute Gasteiger partial charge is 0.489 e. The lowest BCUT2D eigenvalue weighted by Crippen LogP contribution is -2.40. The van der Waals surface area contributed by atoms with Crippen LogP contribution in [0.2, 0.25) is 10.0 Å². The molecule has 35 heavy (non-hydrogen) atoms. The SMILES string of the molecule is NC(=O)Cc1cc(Cl)ccc1OCC(CN1CCC(Cc2ccc(Cl)cc2)C1)OC(=O)C(F)(F)F. The Bertz CT molecular complexity index is 1030. The number of rotatable bonds is 10. The summed E-state index contributed by atoms with van der Waals surface area (Å²) in [5.41, 5.74) is 6.76. The van der Waals surface area contributed by atoms with E-state index < -0.39 is 24.2 Å². The van der Waals surface area contributed by atoms with Gasteiger partial charge in [-0.2, -0.15) is 13.2 Å². The predicted molar refractivity (Wildman–Crippen MR) is 125 cm³/mol. The highest BCUT2D eigenvalue weighted by Crippen LogP contribution is 2.26. The van der Waals surface area contributed by atoms with Crippen LogP contribution in [0.3, 0.4) is 0 Å². The van der Waals surface area contributed by atoms with Gasteiger partial charge in [0.15, 0.2) is 0 Å². The number of primary amides is 1. The van der Waals surface area contributed by atoms with Gasteiger partial charge in [-0.25, -0.2) is 4.79 Å². The van der Waals surface area contributed by atoms with Gasteiger partial charge in [-0.3, -0.25) is 9.69 Å². The maximum atomic E-state index is 12.9. The van der Waals surface area contributed by atoms with Crippen LogP contribution in [-0.4, -0.2) is 55.3 Å². The van der Waals surface area contributed by atoms with E-state index in [-0.39, 0.29) is 25.3 Å². The highest BCUT2D eigenvalue weighted by Gasteiger charge is 2.43. The van der Waals surface area contributed by atoms with Crippen molar-refractivity contribution < 1.29 is 32.2 Å². The van der Waals surface area contributed by atoms with Gasteiger partial charge >= 0.3 is 12.1 Å². The van der Waals surface area contributed by atoms with E-state index in [0.29, 0.717) is 34.6 Å². The number of carbonyl (C=O) groups is 2. The first-order chi connectivity index (χ1) is 16.5. The van der Waals surface area contributed by atoms with E-state index in [0.717, 1.165) is 18.4 Å². The molecule has 0 bridgehead atoms. The van der Waals surface area contributed by atoms with Crippen LogP contribution in [0, 0.1) is 5.92 Å². The molecule has 2 aromatic rings. The summed E-state index contributed by atoms with van der Waals surface area (Å²) in [4.78, 5) is 24.8. The first-order valence-electron chi connectivity index (χ1n) is 10.9. The van der Waals surface area contributed by atoms with Crippen LogP contribution in [0.5, 0.6) is 5.75 Å². The van der Waals surface area contributed by atoms with Gasteiger partial charge in [0.1, 0.15) is 18.5 Å². The molecule has 1 heterocycles. The molecule has 3 rings (SSSR count). The van der Waals surface area contributed by atoms with Gasteiger partial charge in [0, 0.05) is 28.7 Å². The Kier molecular flexibility index (Phi) is 9.27. The number of benzene rings is 2. The number of likely N-dealkylation sites (tertiary alicyclic amines) is 1. The zero-order chi connectivity index (χ0) is 25.6. The lowest BCUT2D eigenvalue weighted by atomic mass is 9.99. The molecule has 0 aliphatic carbocycles. The van der Waals surface area contributed by atoms with Gasteiger partial charge in [-0.05, 0) is 61.2 Å². The fraction of sp³-hybridized carbons (Fsp3) is 0.417. The third-order valence-corrected chi connectivity index (χ3v) is 6.07. The van der Waals surface area contributed by atoms with Crippen molar-refractivity contribution in [3.05, 3.63) is 63.6 Å². The lowest BCUT2D eigenvalue weighted by molar-refractivity contribution is -0.206. The van der Waals surface area contributed by atoms with Crippen LogP contribution in [-0.2, 0) is 27.2 Å². The van der Waals surface area contributed by atoms with Crippen molar-refractivity contribution in [3.8, 4) is 5.75 Å². The first-order valence-corrected chi connectivity index (χ1v) is 11.7. The van der Waals surface area contributed by atoms with Crippen molar-refractivity contribution in [2.24, 2.45) is 11.7 Å². The van der Waals surface area contributed by atoms with Crippen molar-refractivity contribution in [2.75, 3.05) is 26.2 Å². The highest BCUT2D eigenvalue weighted by molar-refractivity contribution is 6.30. The number of alkyl halides is 3. The number of esters is 1. The average molecular weight is 533 g/mol. The standard InChI is InChI=1S/C24H25Cl2F3N2O4/c25-18-3-1-15(2-4-18)9-16-7-8-31(12-16)13-20(35-23(33)24(27,28)29)14-34-21-6-5-19(26)10-17(21)11-22(30)32/h1-6,10,16,20H,7-9,11-14H2,(H2,30,32). The van der Waals surface area contributed by atoms with Crippen LogP contribution in [0.25, 0.3) is 0 Å². The molecule has 0 aromatic heterocycles. The molecule has 2 atom stereocenters. The van der Waals surface area contributed by atoms with Gasteiger partial charge in [0.2, 0.25) is 5.91 Å². The molecule has 2 unspecified atom stereocenters. The van der Waals surface area contributed by atoms with E-state index >= 15 is 0 Å². The van der Waals surface area contributed by atoms with E-state index in [1.807, 2.05) is 29.2 Å². The summed E-state index contributed by atoms with van der Waals surface area (Å²) in [7, 11) is 0. The van der Waals surface area contributed by atoms with Gasteiger partial charge in [-0.15, -0.1) is 0 Å². The van der Waals surface area contributed by atoms with Crippen LogP contribution >= 0.6 is 23.2 Å². The van der Waals surface area contributed by atoms with Crippen molar-refractivity contribution in [1.29, 1.82) is 0 Å². The number of halogens is 5. The molecule has 190 valence electrons. The van der Waals surface area contributed by atoms with Crippen molar-refractivity contribution >= 4 is 35.1 Å². The summed E-state index contributed by atoms with van der Waals surface area (Å²) in [5.74, 6) is -2.38. The third-order valence-electron chi connectivity index (χ3n) is 5.59. The average Bonchev–Trinajstić information content (AvgIpc) is 3.20. The predicted octanol–water partition coefficient (Wildman–Crippen LogP) is 4.44. The first kappa shape index (κ1) is 27.1. The molecule has 1 fully saturated rings. The molecule has 2 N–H and O–H groups in total. The summed E-state index contributed by atoms with van der Waals surface area (Å²) in [6.45, 7) is 1.01. The highest BCUT2D eigenvalue weighted by atomic mass is 35.5. The van der Waals surface area contributed by atoms with Crippen molar-refractivity contribution in [2.45, 2.75) is 31.5 Å². The summed E-state index contributed by atoms with van der Waals surface area (Å²) in [6, 6.07) is 12.0. The van der Waals surface area contributed by atoms with Gasteiger partial charge in [0.25, 0.3) is 0 Å². The van der Waals surface area contributed by atoms with Crippen LogP contribution in [0.15, 0.2) is 42.5 Å². The normalized spacial score (nSPS) is 17.2. The molecule has 0 saturated carbocycles. The number of carbonyl (C=O) groups excluding carboxylic acids is 2. The van der Waals surface area contributed by atoms with Crippen LogP contribution < -0.4 is 10.5 Å². The molecule has 11 heteroatoms. The maximum Gasteiger partial charge on any atom is 0.490 e. The quantitative estimate of drug-likeness (QED) is 0.457. The monoisotopic (exact) mass is 532 g/mol.